The molecule has 0 spiro atoms. The average molecular weight is 413 g/mol. The fourth-order valence-corrected chi connectivity index (χ4v) is 3.81. The predicted octanol–water partition coefficient (Wildman–Crippen LogP) is 8.58. The molecule has 0 heterocycles. The lowest BCUT2D eigenvalue weighted by atomic mass is 10.0. The van der Waals surface area contributed by atoms with Crippen LogP contribution in [0.5, 0.6) is 0 Å². The van der Waals surface area contributed by atoms with E-state index in [4.69, 9.17) is 0 Å². The van der Waals surface area contributed by atoms with Crippen molar-refractivity contribution in [2.75, 3.05) is 0 Å². The van der Waals surface area contributed by atoms with E-state index in [0.29, 0.717) is 11.1 Å². The Morgan fingerprint density at radius 3 is 1.94 bits per heavy atom. The first-order valence-corrected chi connectivity index (χ1v) is 11.7. The lowest BCUT2D eigenvalue weighted by Crippen LogP contribution is -1.88. The van der Waals surface area contributed by atoms with Crippen molar-refractivity contribution >= 4 is 0 Å². The zero-order valence-electron chi connectivity index (χ0n) is 18.7. The normalized spacial score (nSPS) is 10.5. The van der Waals surface area contributed by atoms with Gasteiger partial charge < -0.3 is 0 Å². The van der Waals surface area contributed by atoms with Gasteiger partial charge in [-0.3, -0.25) is 0 Å². The second-order valence-corrected chi connectivity index (χ2v) is 8.23. The number of rotatable bonds is 10. The Morgan fingerprint density at radius 2 is 1.26 bits per heavy atom. The van der Waals surface area contributed by atoms with Gasteiger partial charge in [0.25, 0.3) is 0 Å². The summed E-state index contributed by atoms with van der Waals surface area (Å²) < 4.78 is 14.5. The maximum Gasteiger partial charge on any atom is 0.132 e. The maximum atomic E-state index is 14.5. The molecule has 3 aromatic carbocycles. The Bertz CT molecular complexity index is 974. The van der Waals surface area contributed by atoms with Crippen LogP contribution in [0, 0.1) is 17.7 Å². The standard InChI is InChI=1S/C30H33F/c1-2-3-4-5-6-7-8-10-13-25-16-18-26(19-17-25)20-21-27-22-23-29(30(31)24-27)28-14-11-9-12-15-28/h9,11-12,14-19,22-24H,2-8,10,13H2,1H3. The molecule has 0 aromatic heterocycles. The zero-order valence-corrected chi connectivity index (χ0v) is 18.7. The minimum absolute atomic E-state index is 0.237. The van der Waals surface area contributed by atoms with E-state index in [1.165, 1.54) is 63.0 Å². The molecule has 3 aromatic rings. The van der Waals surface area contributed by atoms with Gasteiger partial charge in [0.15, 0.2) is 0 Å². The summed E-state index contributed by atoms with van der Waals surface area (Å²) in [7, 11) is 0. The van der Waals surface area contributed by atoms with Crippen molar-refractivity contribution in [3.05, 3.63) is 95.3 Å². The lowest BCUT2D eigenvalue weighted by molar-refractivity contribution is 0.575. The number of benzene rings is 3. The summed E-state index contributed by atoms with van der Waals surface area (Å²) in [4.78, 5) is 0. The number of aryl methyl sites for hydroxylation is 1. The third kappa shape index (κ3) is 7.72. The van der Waals surface area contributed by atoms with Crippen molar-refractivity contribution in [2.24, 2.45) is 0 Å². The van der Waals surface area contributed by atoms with Gasteiger partial charge in [0.05, 0.1) is 0 Å². The molecule has 0 nitrogen and oxygen atoms in total. The number of hydrogen-bond acceptors (Lipinski definition) is 0. The van der Waals surface area contributed by atoms with Gasteiger partial charge in [0.2, 0.25) is 0 Å². The molecular formula is C30H33F. The maximum absolute atomic E-state index is 14.5. The van der Waals surface area contributed by atoms with Gasteiger partial charge in [-0.2, -0.15) is 0 Å². The Morgan fingerprint density at radius 1 is 0.645 bits per heavy atom. The van der Waals surface area contributed by atoms with E-state index in [9.17, 15) is 4.39 Å². The molecule has 0 amide bonds. The molecule has 0 saturated carbocycles. The Balaban J connectivity index is 1.48. The molecule has 0 aliphatic heterocycles. The quantitative estimate of drug-likeness (QED) is 0.231. The SMILES string of the molecule is CCCCCCCCCCc1ccc(C#Cc2ccc(-c3ccccc3)c(F)c2)cc1. The molecule has 0 unspecified atom stereocenters. The molecule has 0 bridgehead atoms. The summed E-state index contributed by atoms with van der Waals surface area (Å²) in [5.41, 5.74) is 4.52. The zero-order chi connectivity index (χ0) is 21.7. The summed E-state index contributed by atoms with van der Waals surface area (Å²) in [5, 5.41) is 0. The summed E-state index contributed by atoms with van der Waals surface area (Å²) in [6.07, 6.45) is 11.9. The second kappa shape index (κ2) is 12.8. The summed E-state index contributed by atoms with van der Waals surface area (Å²) in [6.45, 7) is 2.26. The number of hydrogen-bond donors (Lipinski definition) is 0. The van der Waals surface area contributed by atoms with Crippen molar-refractivity contribution in [3.8, 4) is 23.0 Å². The molecule has 0 radical (unpaired) electrons. The Kier molecular flexibility index (Phi) is 9.39. The largest absolute Gasteiger partial charge is 0.206 e. The smallest absolute Gasteiger partial charge is 0.132 e. The average Bonchev–Trinajstić information content (AvgIpc) is 2.81. The monoisotopic (exact) mass is 412 g/mol. The van der Waals surface area contributed by atoms with Gasteiger partial charge in [-0.25, -0.2) is 4.39 Å². The highest BCUT2D eigenvalue weighted by molar-refractivity contribution is 5.65. The van der Waals surface area contributed by atoms with Crippen LogP contribution < -0.4 is 0 Å². The fourth-order valence-electron chi connectivity index (χ4n) is 3.81. The van der Waals surface area contributed by atoms with Gasteiger partial charge in [0.1, 0.15) is 5.82 Å². The molecule has 0 fully saturated rings. The highest BCUT2D eigenvalue weighted by Gasteiger charge is 2.04. The minimum Gasteiger partial charge on any atom is -0.206 e. The molecule has 160 valence electrons. The van der Waals surface area contributed by atoms with Crippen molar-refractivity contribution in [3.63, 3.8) is 0 Å². The van der Waals surface area contributed by atoms with E-state index < -0.39 is 0 Å². The first-order chi connectivity index (χ1) is 15.3. The van der Waals surface area contributed by atoms with Crippen LogP contribution in [-0.2, 0) is 6.42 Å². The number of halogens is 1. The van der Waals surface area contributed by atoms with Crippen LogP contribution in [0.25, 0.3) is 11.1 Å². The molecule has 0 aliphatic carbocycles. The van der Waals surface area contributed by atoms with Crippen LogP contribution in [0.3, 0.4) is 0 Å². The van der Waals surface area contributed by atoms with Crippen LogP contribution >= 0.6 is 0 Å². The molecule has 1 heteroatoms. The number of unbranched alkanes of at least 4 members (excludes halogenated alkanes) is 7. The van der Waals surface area contributed by atoms with Gasteiger partial charge in [-0.05, 0) is 48.2 Å². The van der Waals surface area contributed by atoms with Crippen molar-refractivity contribution < 1.29 is 4.39 Å². The topological polar surface area (TPSA) is 0 Å². The van der Waals surface area contributed by atoms with E-state index in [0.717, 1.165) is 17.5 Å². The Hall–Kier alpha value is -2.85. The molecule has 0 saturated heterocycles. The van der Waals surface area contributed by atoms with Crippen LogP contribution in [0.1, 0.15) is 75.0 Å². The third-order valence-corrected chi connectivity index (χ3v) is 5.68. The van der Waals surface area contributed by atoms with Crippen LogP contribution in [0.2, 0.25) is 0 Å². The van der Waals surface area contributed by atoms with Crippen molar-refractivity contribution in [1.82, 2.24) is 0 Å². The molecular weight excluding hydrogens is 379 g/mol. The first-order valence-electron chi connectivity index (χ1n) is 11.7. The molecule has 0 atom stereocenters. The van der Waals surface area contributed by atoms with E-state index in [2.05, 4.69) is 43.0 Å². The molecule has 31 heavy (non-hydrogen) atoms. The Labute approximate surface area is 187 Å². The van der Waals surface area contributed by atoms with E-state index in [1.807, 2.05) is 42.5 Å². The van der Waals surface area contributed by atoms with Gasteiger partial charge in [0, 0.05) is 16.7 Å². The first kappa shape index (κ1) is 22.8. The summed E-state index contributed by atoms with van der Waals surface area (Å²) in [6, 6.07) is 23.3. The van der Waals surface area contributed by atoms with E-state index in [1.54, 1.807) is 0 Å². The molecule has 3 rings (SSSR count). The highest BCUT2D eigenvalue weighted by Crippen LogP contribution is 2.23. The van der Waals surface area contributed by atoms with Crippen LogP contribution in [-0.4, -0.2) is 0 Å². The van der Waals surface area contributed by atoms with Gasteiger partial charge in [-0.15, -0.1) is 0 Å². The second-order valence-electron chi connectivity index (χ2n) is 8.23. The molecule has 0 N–H and O–H groups in total. The van der Waals surface area contributed by atoms with Crippen molar-refractivity contribution in [1.29, 1.82) is 0 Å². The minimum atomic E-state index is -0.237. The van der Waals surface area contributed by atoms with Crippen molar-refractivity contribution in [2.45, 2.75) is 64.7 Å². The van der Waals surface area contributed by atoms with E-state index >= 15 is 0 Å². The van der Waals surface area contributed by atoms with Crippen LogP contribution in [0.4, 0.5) is 4.39 Å². The third-order valence-electron chi connectivity index (χ3n) is 5.68. The molecule has 0 aliphatic rings. The van der Waals surface area contributed by atoms with Gasteiger partial charge >= 0.3 is 0 Å². The van der Waals surface area contributed by atoms with Gasteiger partial charge in [-0.1, -0.05) is 112 Å². The fraction of sp³-hybridized carbons (Fsp3) is 0.333. The summed E-state index contributed by atoms with van der Waals surface area (Å²) in [5.74, 6) is 6.01. The lowest BCUT2D eigenvalue weighted by Gasteiger charge is -2.04. The van der Waals surface area contributed by atoms with Crippen LogP contribution in [0.15, 0.2) is 72.8 Å². The summed E-state index contributed by atoms with van der Waals surface area (Å²) >= 11 is 0. The highest BCUT2D eigenvalue weighted by atomic mass is 19.1. The van der Waals surface area contributed by atoms with E-state index in [-0.39, 0.29) is 5.82 Å². The predicted molar refractivity (Wildman–Crippen MR) is 131 cm³/mol.